The first-order valence-electron chi connectivity index (χ1n) is 11.4. The predicted octanol–water partition coefficient (Wildman–Crippen LogP) is 4.19. The van der Waals surface area contributed by atoms with E-state index in [9.17, 15) is 14.4 Å². The number of alkyl carbamates (subject to hydrolysis) is 1. The van der Waals surface area contributed by atoms with Crippen molar-refractivity contribution in [3.05, 3.63) is 35.9 Å². The fraction of sp³-hybridized carbons (Fsp3) is 0.640. The van der Waals surface area contributed by atoms with Gasteiger partial charge < -0.3 is 20.2 Å². The van der Waals surface area contributed by atoms with E-state index in [0.29, 0.717) is 6.42 Å². The second-order valence-electron chi connectivity index (χ2n) is 10.7. The van der Waals surface area contributed by atoms with Gasteiger partial charge in [0.05, 0.1) is 6.54 Å². The molecule has 0 radical (unpaired) electrons. The molecular formula is C25H41N3O5. The van der Waals surface area contributed by atoms with Crippen molar-refractivity contribution in [2.24, 2.45) is 5.92 Å². The molecule has 0 aliphatic heterocycles. The summed E-state index contributed by atoms with van der Waals surface area (Å²) in [5, 5.41) is 6.89. The summed E-state index contributed by atoms with van der Waals surface area (Å²) in [5.41, 5.74) is -0.254. The molecule has 2 N–H and O–H groups in total. The van der Waals surface area contributed by atoms with Crippen LogP contribution in [0.1, 0.15) is 74.3 Å². The zero-order chi connectivity index (χ0) is 25.4. The third kappa shape index (κ3) is 11.7. The molecule has 33 heavy (non-hydrogen) atoms. The van der Waals surface area contributed by atoms with Crippen LogP contribution in [-0.4, -0.2) is 46.3 Å². The maximum absolute atomic E-state index is 13.2. The molecule has 0 aliphatic rings. The zero-order valence-electron chi connectivity index (χ0n) is 21.5. The fourth-order valence-electron chi connectivity index (χ4n) is 2.96. The molecule has 186 valence electrons. The average molecular weight is 464 g/mol. The Morgan fingerprint density at radius 3 is 2.03 bits per heavy atom. The van der Waals surface area contributed by atoms with Crippen LogP contribution < -0.4 is 10.6 Å². The second kappa shape index (κ2) is 12.0. The summed E-state index contributed by atoms with van der Waals surface area (Å²) in [5.74, 6) is -0.739. The van der Waals surface area contributed by atoms with Crippen LogP contribution in [0.2, 0.25) is 0 Å². The Morgan fingerprint density at radius 2 is 1.55 bits per heavy atom. The van der Waals surface area contributed by atoms with Crippen molar-refractivity contribution in [3.8, 4) is 0 Å². The Labute approximate surface area is 198 Å². The first-order valence-corrected chi connectivity index (χ1v) is 11.4. The highest BCUT2D eigenvalue weighted by molar-refractivity contribution is 5.83. The largest absolute Gasteiger partial charge is 0.444 e. The summed E-state index contributed by atoms with van der Waals surface area (Å²) in [6.07, 6.45) is -0.235. The minimum absolute atomic E-state index is 0.176. The number of nitrogens with one attached hydrogen (secondary N) is 2. The van der Waals surface area contributed by atoms with Gasteiger partial charge in [-0.3, -0.25) is 4.79 Å². The van der Waals surface area contributed by atoms with Gasteiger partial charge in [0.15, 0.2) is 0 Å². The normalized spacial score (nSPS) is 13.9. The van der Waals surface area contributed by atoms with Crippen LogP contribution in [0.4, 0.5) is 4.79 Å². The van der Waals surface area contributed by atoms with Gasteiger partial charge in [-0.05, 0) is 66.4 Å². The highest BCUT2D eigenvalue weighted by Gasteiger charge is 2.33. The summed E-state index contributed by atoms with van der Waals surface area (Å²) >= 11 is 0. The van der Waals surface area contributed by atoms with Gasteiger partial charge in [0.25, 0.3) is 0 Å². The van der Waals surface area contributed by atoms with Gasteiger partial charge in [0.1, 0.15) is 17.7 Å². The summed E-state index contributed by atoms with van der Waals surface area (Å²) in [6.45, 7) is 16.7. The molecule has 0 heterocycles. The lowest BCUT2D eigenvalue weighted by Gasteiger charge is -2.33. The summed E-state index contributed by atoms with van der Waals surface area (Å²) in [4.78, 5) is 43.8. The third-order valence-corrected chi connectivity index (χ3v) is 4.32. The first-order chi connectivity index (χ1) is 15.1. The maximum Gasteiger partial charge on any atom is 0.408 e. The van der Waals surface area contributed by atoms with Gasteiger partial charge in [-0.25, -0.2) is 9.59 Å². The fourth-order valence-corrected chi connectivity index (χ4v) is 2.96. The van der Waals surface area contributed by atoms with Crippen LogP contribution in [0.5, 0.6) is 0 Å². The summed E-state index contributed by atoms with van der Waals surface area (Å²) in [7, 11) is 0. The highest BCUT2D eigenvalue weighted by Crippen LogP contribution is 2.18. The van der Waals surface area contributed by atoms with Crippen molar-refractivity contribution < 1.29 is 24.0 Å². The lowest BCUT2D eigenvalue weighted by molar-refractivity contribution is -0.210. The molecule has 2 amide bonds. The Morgan fingerprint density at radius 1 is 0.970 bits per heavy atom. The van der Waals surface area contributed by atoms with Gasteiger partial charge >= 0.3 is 12.1 Å². The van der Waals surface area contributed by atoms with Crippen molar-refractivity contribution in [1.82, 2.24) is 15.7 Å². The molecule has 1 unspecified atom stereocenters. The maximum atomic E-state index is 13.2. The van der Waals surface area contributed by atoms with Crippen molar-refractivity contribution in [2.75, 3.05) is 0 Å². The van der Waals surface area contributed by atoms with Crippen LogP contribution in [0.3, 0.4) is 0 Å². The number of carbonyl (C=O) groups is 3. The van der Waals surface area contributed by atoms with Crippen molar-refractivity contribution in [1.29, 1.82) is 0 Å². The number of amides is 2. The van der Waals surface area contributed by atoms with Crippen LogP contribution in [0.15, 0.2) is 30.3 Å². The van der Waals surface area contributed by atoms with E-state index >= 15 is 0 Å². The van der Waals surface area contributed by atoms with Gasteiger partial charge in [0, 0.05) is 5.54 Å². The quantitative estimate of drug-likeness (QED) is 0.533. The molecule has 1 rings (SSSR count). The Hall–Kier alpha value is -2.61. The van der Waals surface area contributed by atoms with Gasteiger partial charge in [-0.2, -0.15) is 0 Å². The third-order valence-electron chi connectivity index (χ3n) is 4.32. The Balaban J connectivity index is 3.11. The molecule has 8 heteroatoms. The second-order valence-corrected chi connectivity index (χ2v) is 10.7. The van der Waals surface area contributed by atoms with E-state index < -0.39 is 35.3 Å². The molecule has 0 saturated heterocycles. The van der Waals surface area contributed by atoms with Crippen molar-refractivity contribution in [2.45, 2.75) is 98.5 Å². The van der Waals surface area contributed by atoms with E-state index in [-0.39, 0.29) is 18.4 Å². The number of benzene rings is 1. The zero-order valence-corrected chi connectivity index (χ0v) is 21.5. The molecule has 0 saturated carbocycles. The van der Waals surface area contributed by atoms with E-state index in [2.05, 4.69) is 10.6 Å². The van der Waals surface area contributed by atoms with E-state index in [1.54, 1.807) is 20.8 Å². The lowest BCUT2D eigenvalue weighted by Crippen LogP contribution is -2.54. The van der Waals surface area contributed by atoms with Gasteiger partial charge in [0.2, 0.25) is 5.91 Å². The molecule has 8 nitrogen and oxygen atoms in total. The number of rotatable bonds is 9. The number of nitrogens with zero attached hydrogens (tertiary/aromatic N) is 1. The topological polar surface area (TPSA) is 97.0 Å². The van der Waals surface area contributed by atoms with Crippen molar-refractivity contribution in [3.63, 3.8) is 0 Å². The Bertz CT molecular complexity index is 781. The molecule has 0 aliphatic carbocycles. The monoisotopic (exact) mass is 463 g/mol. The number of hydrogen-bond acceptors (Lipinski definition) is 6. The summed E-state index contributed by atoms with van der Waals surface area (Å²) in [6, 6.07) is 7.79. The highest BCUT2D eigenvalue weighted by atomic mass is 16.7. The molecule has 0 fully saturated rings. The van der Waals surface area contributed by atoms with Gasteiger partial charge in [-0.15, -0.1) is 5.06 Å². The van der Waals surface area contributed by atoms with Crippen LogP contribution in [0, 0.1) is 5.92 Å². The summed E-state index contributed by atoms with van der Waals surface area (Å²) < 4.78 is 5.22. The Kier molecular flexibility index (Phi) is 10.4. The molecule has 0 spiro atoms. The van der Waals surface area contributed by atoms with Crippen LogP contribution in [0.25, 0.3) is 0 Å². The minimum atomic E-state index is -0.969. The molecule has 1 aromatic carbocycles. The smallest absolute Gasteiger partial charge is 0.408 e. The van der Waals surface area contributed by atoms with E-state index in [4.69, 9.17) is 9.57 Å². The lowest BCUT2D eigenvalue weighted by atomic mass is 10.0. The average Bonchev–Trinajstić information content (AvgIpc) is 2.63. The van der Waals surface area contributed by atoms with Crippen LogP contribution in [-0.2, 0) is 25.7 Å². The first kappa shape index (κ1) is 28.4. The molecule has 2 atom stereocenters. The van der Waals surface area contributed by atoms with E-state index in [0.717, 1.165) is 5.56 Å². The molecule has 0 bridgehead atoms. The number of hydrogen-bond donors (Lipinski definition) is 2. The molecular weight excluding hydrogens is 422 g/mol. The van der Waals surface area contributed by atoms with E-state index in [1.165, 1.54) is 12.0 Å². The number of hydroxylamine groups is 2. The molecule has 1 aromatic rings. The molecule has 0 aromatic heterocycles. The standard InChI is InChI=1S/C25H41N3O5/c1-17(2)15-20(21(29)27-24(4,5)6)28(16-19-13-11-10-12-14-19)33-22(30)18(3)26-23(31)32-25(7,8)9/h10-14,17-18,20H,15-16H2,1-9H3,(H,26,31)(H,27,29)/t18-,20?/m0/s1. The van der Waals surface area contributed by atoms with Crippen LogP contribution >= 0.6 is 0 Å². The number of ether oxygens (including phenoxy) is 1. The number of carbonyl (C=O) groups excluding carboxylic acids is 3. The minimum Gasteiger partial charge on any atom is -0.444 e. The van der Waals surface area contributed by atoms with Crippen molar-refractivity contribution >= 4 is 18.0 Å². The van der Waals surface area contributed by atoms with E-state index in [1.807, 2.05) is 65.0 Å². The SMILES string of the molecule is CC(C)CC(C(=O)NC(C)(C)C)N(Cc1ccccc1)OC(=O)[C@H](C)NC(=O)OC(C)(C)C. The van der Waals surface area contributed by atoms with Gasteiger partial charge in [-0.1, -0.05) is 44.2 Å². The predicted molar refractivity (Wildman–Crippen MR) is 128 cm³/mol.